The number of likely N-dealkylation sites (tertiary alicyclic amines) is 1. The first kappa shape index (κ1) is 23.0. The van der Waals surface area contributed by atoms with E-state index in [0.717, 1.165) is 63.3 Å². The van der Waals surface area contributed by atoms with Crippen molar-refractivity contribution in [2.45, 2.75) is 31.4 Å². The third-order valence-electron chi connectivity index (χ3n) is 5.98. The normalized spacial score (nSPS) is 20.0. The number of hydrogen-bond donors (Lipinski definition) is 2. The topological polar surface area (TPSA) is 53.6 Å². The molecule has 1 atom stereocenters. The zero-order chi connectivity index (χ0) is 22.3. The first-order chi connectivity index (χ1) is 15.6. The van der Waals surface area contributed by atoms with Gasteiger partial charge in [-0.15, -0.1) is 0 Å². The molecular formula is C25H29BrFN3O2. The number of ether oxygens (including phenoxy) is 1. The molecule has 32 heavy (non-hydrogen) atoms. The average molecular weight is 502 g/mol. The van der Waals surface area contributed by atoms with Gasteiger partial charge in [-0.1, -0.05) is 24.3 Å². The minimum Gasteiger partial charge on any atom is -0.489 e. The number of hydrogen-bond acceptors (Lipinski definition) is 4. The third kappa shape index (κ3) is 6.40. The summed E-state index contributed by atoms with van der Waals surface area (Å²) in [7, 11) is 0. The fourth-order valence-corrected chi connectivity index (χ4v) is 4.46. The van der Waals surface area contributed by atoms with E-state index in [0.29, 0.717) is 10.0 Å². The van der Waals surface area contributed by atoms with Crippen molar-refractivity contribution in [1.82, 2.24) is 15.5 Å². The van der Waals surface area contributed by atoms with E-state index in [9.17, 15) is 9.18 Å². The van der Waals surface area contributed by atoms with E-state index in [-0.39, 0.29) is 23.9 Å². The smallest absolute Gasteiger partial charge is 0.251 e. The van der Waals surface area contributed by atoms with Crippen molar-refractivity contribution in [3.63, 3.8) is 0 Å². The molecule has 0 saturated carbocycles. The van der Waals surface area contributed by atoms with Crippen molar-refractivity contribution >= 4 is 27.9 Å². The summed E-state index contributed by atoms with van der Waals surface area (Å²) < 4.78 is 19.6. The Morgan fingerprint density at radius 1 is 1.19 bits per heavy atom. The van der Waals surface area contributed by atoms with Crippen LogP contribution >= 0.6 is 15.9 Å². The van der Waals surface area contributed by atoms with Gasteiger partial charge < -0.3 is 15.4 Å². The highest BCUT2D eigenvalue weighted by molar-refractivity contribution is 9.10. The van der Waals surface area contributed by atoms with Gasteiger partial charge in [0.25, 0.3) is 5.91 Å². The molecular weight excluding hydrogens is 473 g/mol. The van der Waals surface area contributed by atoms with Crippen molar-refractivity contribution < 1.29 is 13.9 Å². The molecule has 4 rings (SSSR count). The summed E-state index contributed by atoms with van der Waals surface area (Å²) in [5.41, 5.74) is 1.63. The largest absolute Gasteiger partial charge is 0.489 e. The van der Waals surface area contributed by atoms with Crippen LogP contribution in [-0.2, 0) is 0 Å². The Kier molecular flexibility index (Phi) is 7.95. The highest BCUT2D eigenvalue weighted by Gasteiger charge is 2.21. The Hall–Kier alpha value is -2.22. The minimum absolute atomic E-state index is 0.147. The Labute approximate surface area is 197 Å². The Balaban J connectivity index is 1.18. The second-order valence-corrected chi connectivity index (χ2v) is 9.24. The maximum atomic E-state index is 13.4. The molecule has 1 unspecified atom stereocenters. The highest BCUT2D eigenvalue weighted by atomic mass is 79.9. The van der Waals surface area contributed by atoms with Crippen LogP contribution in [0.4, 0.5) is 4.39 Å². The molecule has 7 heteroatoms. The number of carbonyl (C=O) groups is 1. The molecule has 2 aliphatic heterocycles. The predicted molar refractivity (Wildman–Crippen MR) is 128 cm³/mol. The zero-order valence-corrected chi connectivity index (χ0v) is 19.6. The number of carbonyl (C=O) groups excluding carboxylic acids is 1. The summed E-state index contributed by atoms with van der Waals surface area (Å²) >= 11 is 3.13. The molecule has 170 valence electrons. The van der Waals surface area contributed by atoms with Gasteiger partial charge in [0.05, 0.1) is 4.47 Å². The first-order valence-electron chi connectivity index (χ1n) is 11.2. The fraction of sp³-hybridized carbons (Fsp3) is 0.400. The lowest BCUT2D eigenvalue weighted by atomic mass is 10.0. The van der Waals surface area contributed by atoms with Crippen LogP contribution in [0.3, 0.4) is 0 Å². The Morgan fingerprint density at radius 3 is 2.66 bits per heavy atom. The van der Waals surface area contributed by atoms with E-state index in [1.54, 1.807) is 0 Å². The molecule has 2 fully saturated rings. The molecule has 2 aromatic rings. The molecule has 2 N–H and O–H groups in total. The van der Waals surface area contributed by atoms with E-state index in [1.807, 2.05) is 12.1 Å². The predicted octanol–water partition coefficient (Wildman–Crippen LogP) is 4.24. The molecule has 2 aliphatic rings. The molecule has 2 saturated heterocycles. The van der Waals surface area contributed by atoms with E-state index >= 15 is 0 Å². The Morgan fingerprint density at radius 2 is 1.97 bits per heavy atom. The SMILES string of the molecule is O=C(NC1CCN(C/C=C/c2ccc(OC3CCNC3)cc2)CC1)c1ccc(F)c(Br)c1. The monoisotopic (exact) mass is 501 g/mol. The van der Waals surface area contributed by atoms with Crippen molar-refractivity contribution in [3.05, 3.63) is 70.0 Å². The lowest BCUT2D eigenvalue weighted by Gasteiger charge is -2.31. The fourth-order valence-electron chi connectivity index (χ4n) is 4.08. The van der Waals surface area contributed by atoms with Crippen molar-refractivity contribution in [2.24, 2.45) is 0 Å². The zero-order valence-electron chi connectivity index (χ0n) is 18.0. The quantitative estimate of drug-likeness (QED) is 0.595. The number of amides is 1. The van der Waals surface area contributed by atoms with Gasteiger partial charge in [0.15, 0.2) is 0 Å². The summed E-state index contributed by atoms with van der Waals surface area (Å²) in [6.07, 6.45) is 7.48. The van der Waals surface area contributed by atoms with Crippen LogP contribution in [0.25, 0.3) is 6.08 Å². The number of nitrogens with zero attached hydrogens (tertiary/aromatic N) is 1. The third-order valence-corrected chi connectivity index (χ3v) is 6.58. The van der Waals surface area contributed by atoms with Crippen molar-refractivity contribution in [3.8, 4) is 5.75 Å². The van der Waals surface area contributed by atoms with Gasteiger partial charge in [-0.2, -0.15) is 0 Å². The highest BCUT2D eigenvalue weighted by Crippen LogP contribution is 2.19. The van der Waals surface area contributed by atoms with Crippen molar-refractivity contribution in [1.29, 1.82) is 0 Å². The van der Waals surface area contributed by atoms with Crippen LogP contribution in [0.5, 0.6) is 5.75 Å². The van der Waals surface area contributed by atoms with Gasteiger partial charge in [-0.05, 0) is 77.6 Å². The van der Waals surface area contributed by atoms with Crippen molar-refractivity contribution in [2.75, 3.05) is 32.7 Å². The number of piperidine rings is 1. The molecule has 0 aromatic heterocycles. The standard InChI is InChI=1S/C25H29BrFN3O2/c26-23-16-19(5-8-24(23)27)25(31)29-20-10-14-30(15-11-20)13-1-2-18-3-6-21(7-4-18)32-22-9-12-28-17-22/h1-8,16,20,22,28H,9-15,17H2,(H,29,31)/b2-1+. The van der Waals surface area contributed by atoms with E-state index in [2.05, 4.69) is 55.7 Å². The molecule has 0 aliphatic carbocycles. The first-order valence-corrected chi connectivity index (χ1v) is 12.0. The van der Waals surface area contributed by atoms with Gasteiger partial charge in [-0.3, -0.25) is 9.69 Å². The lowest BCUT2D eigenvalue weighted by molar-refractivity contribution is 0.0914. The number of rotatable bonds is 7. The summed E-state index contributed by atoms with van der Waals surface area (Å²) in [5, 5.41) is 6.38. The molecule has 1 amide bonds. The lowest BCUT2D eigenvalue weighted by Crippen LogP contribution is -2.44. The van der Waals surface area contributed by atoms with E-state index < -0.39 is 0 Å². The molecule has 0 spiro atoms. The second kappa shape index (κ2) is 11.1. The molecule has 0 radical (unpaired) electrons. The summed E-state index contributed by atoms with van der Waals surface area (Å²) in [6, 6.07) is 12.7. The molecule has 2 aromatic carbocycles. The summed E-state index contributed by atoms with van der Waals surface area (Å²) in [6.45, 7) is 4.71. The second-order valence-electron chi connectivity index (χ2n) is 8.38. The van der Waals surface area contributed by atoms with Crippen LogP contribution in [0.15, 0.2) is 53.0 Å². The van der Waals surface area contributed by atoms with Gasteiger partial charge in [0.2, 0.25) is 0 Å². The average Bonchev–Trinajstić information content (AvgIpc) is 3.31. The minimum atomic E-state index is -0.367. The molecule has 0 bridgehead atoms. The van der Waals surface area contributed by atoms with Crippen LogP contribution in [0.1, 0.15) is 35.2 Å². The van der Waals surface area contributed by atoms with Crippen LogP contribution in [0.2, 0.25) is 0 Å². The van der Waals surface area contributed by atoms with E-state index in [4.69, 9.17) is 4.74 Å². The van der Waals surface area contributed by atoms with Crippen LogP contribution in [-0.4, -0.2) is 55.7 Å². The number of nitrogens with one attached hydrogen (secondary N) is 2. The maximum Gasteiger partial charge on any atom is 0.251 e. The Bertz CT molecular complexity index is 937. The number of halogens is 2. The van der Waals surface area contributed by atoms with Gasteiger partial charge in [-0.25, -0.2) is 4.39 Å². The summed E-state index contributed by atoms with van der Waals surface area (Å²) in [5.74, 6) is 0.405. The number of benzene rings is 2. The maximum absolute atomic E-state index is 13.4. The molecule has 5 nitrogen and oxygen atoms in total. The molecule has 2 heterocycles. The van der Waals surface area contributed by atoms with E-state index in [1.165, 1.54) is 18.2 Å². The van der Waals surface area contributed by atoms with Gasteiger partial charge >= 0.3 is 0 Å². The van der Waals surface area contributed by atoms with Crippen LogP contribution in [0, 0.1) is 5.82 Å². The van der Waals surface area contributed by atoms with Crippen LogP contribution < -0.4 is 15.4 Å². The van der Waals surface area contributed by atoms with Gasteiger partial charge in [0, 0.05) is 37.8 Å². The summed E-state index contributed by atoms with van der Waals surface area (Å²) in [4.78, 5) is 14.8. The van der Waals surface area contributed by atoms with Gasteiger partial charge in [0.1, 0.15) is 17.7 Å².